The molecule has 100 valence electrons. The molecule has 3 heteroatoms. The van der Waals surface area contributed by atoms with Crippen LogP contribution in [-0.2, 0) is 0 Å². The fraction of sp³-hybridized carbons (Fsp3) is 0.600. The summed E-state index contributed by atoms with van der Waals surface area (Å²) < 4.78 is 27.0. The summed E-state index contributed by atoms with van der Waals surface area (Å²) in [7, 11) is 0. The lowest BCUT2D eigenvalue weighted by Gasteiger charge is -2.38. The number of rotatable bonds is 2. The molecular formula is C15H20F2O. The molecule has 1 N–H and O–H groups in total. The second kappa shape index (κ2) is 4.96. The molecule has 1 unspecified atom stereocenters. The SMILES string of the molecule is Cc1cc(C(O)C2(C)CCCCC2)c(F)cc1F. The highest BCUT2D eigenvalue weighted by Crippen LogP contribution is 2.46. The Balaban J connectivity index is 2.33. The Morgan fingerprint density at radius 1 is 1.11 bits per heavy atom. The van der Waals surface area contributed by atoms with Gasteiger partial charge in [-0.2, -0.15) is 0 Å². The van der Waals surface area contributed by atoms with Gasteiger partial charge in [0.2, 0.25) is 0 Å². The average Bonchev–Trinajstić information content (AvgIpc) is 2.34. The van der Waals surface area contributed by atoms with E-state index in [-0.39, 0.29) is 11.0 Å². The summed E-state index contributed by atoms with van der Waals surface area (Å²) in [6.07, 6.45) is 4.24. The largest absolute Gasteiger partial charge is 0.388 e. The lowest BCUT2D eigenvalue weighted by Crippen LogP contribution is -2.29. The van der Waals surface area contributed by atoms with Crippen LogP contribution in [0.3, 0.4) is 0 Å². The average molecular weight is 254 g/mol. The topological polar surface area (TPSA) is 20.2 Å². The van der Waals surface area contributed by atoms with Gasteiger partial charge in [-0.25, -0.2) is 8.78 Å². The monoisotopic (exact) mass is 254 g/mol. The zero-order valence-corrected chi connectivity index (χ0v) is 11.0. The van der Waals surface area contributed by atoms with E-state index in [9.17, 15) is 13.9 Å². The maximum atomic E-state index is 13.8. The minimum atomic E-state index is -0.850. The van der Waals surface area contributed by atoms with E-state index in [1.54, 1.807) is 6.92 Å². The zero-order valence-electron chi connectivity index (χ0n) is 11.0. The summed E-state index contributed by atoms with van der Waals surface area (Å²) in [5.41, 5.74) is 0.326. The van der Waals surface area contributed by atoms with Crippen LogP contribution in [-0.4, -0.2) is 5.11 Å². The van der Waals surface area contributed by atoms with Crippen LogP contribution in [0, 0.1) is 24.0 Å². The molecule has 1 aromatic carbocycles. The van der Waals surface area contributed by atoms with Crippen LogP contribution in [0.25, 0.3) is 0 Å². The number of aliphatic hydroxyl groups excluding tert-OH is 1. The van der Waals surface area contributed by atoms with Gasteiger partial charge in [-0.15, -0.1) is 0 Å². The quantitative estimate of drug-likeness (QED) is 0.835. The van der Waals surface area contributed by atoms with E-state index in [4.69, 9.17) is 0 Å². The molecule has 1 atom stereocenters. The van der Waals surface area contributed by atoms with Crippen molar-refractivity contribution in [2.75, 3.05) is 0 Å². The van der Waals surface area contributed by atoms with Crippen molar-refractivity contribution in [3.05, 3.63) is 34.9 Å². The first kappa shape index (κ1) is 13.5. The van der Waals surface area contributed by atoms with Crippen molar-refractivity contribution < 1.29 is 13.9 Å². The summed E-state index contributed by atoms with van der Waals surface area (Å²) >= 11 is 0. The third-order valence-corrected chi connectivity index (χ3v) is 4.23. The standard InChI is InChI=1S/C15H20F2O/c1-10-8-11(13(17)9-12(10)16)14(18)15(2)6-4-3-5-7-15/h8-9,14,18H,3-7H2,1-2H3. The van der Waals surface area contributed by atoms with E-state index in [1.165, 1.54) is 12.5 Å². The highest BCUT2D eigenvalue weighted by atomic mass is 19.1. The molecule has 1 nitrogen and oxygen atoms in total. The van der Waals surface area contributed by atoms with E-state index >= 15 is 0 Å². The highest BCUT2D eigenvalue weighted by Gasteiger charge is 2.36. The number of halogens is 2. The van der Waals surface area contributed by atoms with Crippen LogP contribution in [0.1, 0.15) is 56.3 Å². The summed E-state index contributed by atoms with van der Waals surface area (Å²) in [5, 5.41) is 10.4. The van der Waals surface area contributed by atoms with Gasteiger partial charge in [-0.1, -0.05) is 26.2 Å². The third kappa shape index (κ3) is 2.41. The molecule has 1 saturated carbocycles. The highest BCUT2D eigenvalue weighted by molar-refractivity contribution is 5.28. The zero-order chi connectivity index (χ0) is 13.3. The number of benzene rings is 1. The van der Waals surface area contributed by atoms with Crippen molar-refractivity contribution >= 4 is 0 Å². The normalized spacial score (nSPS) is 20.7. The van der Waals surface area contributed by atoms with E-state index in [0.717, 1.165) is 31.7 Å². The molecule has 1 aliphatic rings. The number of aliphatic hydroxyl groups is 1. The van der Waals surface area contributed by atoms with Crippen molar-refractivity contribution in [1.82, 2.24) is 0 Å². The van der Waals surface area contributed by atoms with E-state index < -0.39 is 17.7 Å². The molecule has 2 rings (SSSR count). The molecule has 0 amide bonds. The van der Waals surface area contributed by atoms with Gasteiger partial charge in [0.15, 0.2) is 0 Å². The Kier molecular flexibility index (Phi) is 3.71. The molecule has 1 aromatic rings. The maximum Gasteiger partial charge on any atom is 0.131 e. The first-order chi connectivity index (χ1) is 8.44. The van der Waals surface area contributed by atoms with Crippen LogP contribution in [0.5, 0.6) is 0 Å². The smallest absolute Gasteiger partial charge is 0.131 e. The lowest BCUT2D eigenvalue weighted by atomic mass is 9.70. The van der Waals surface area contributed by atoms with E-state index in [2.05, 4.69) is 0 Å². The molecule has 0 bridgehead atoms. The fourth-order valence-electron chi connectivity index (χ4n) is 2.90. The predicted molar refractivity (Wildman–Crippen MR) is 67.2 cm³/mol. The van der Waals surface area contributed by atoms with Gasteiger partial charge >= 0.3 is 0 Å². The van der Waals surface area contributed by atoms with Crippen LogP contribution in [0.4, 0.5) is 8.78 Å². The molecule has 0 saturated heterocycles. The summed E-state index contributed by atoms with van der Waals surface area (Å²) in [4.78, 5) is 0. The van der Waals surface area contributed by atoms with Crippen LogP contribution in [0.15, 0.2) is 12.1 Å². The lowest BCUT2D eigenvalue weighted by molar-refractivity contribution is 0.00575. The molecule has 0 radical (unpaired) electrons. The molecule has 0 aliphatic heterocycles. The molecule has 0 spiro atoms. The van der Waals surface area contributed by atoms with Gasteiger partial charge in [0.25, 0.3) is 0 Å². The Morgan fingerprint density at radius 2 is 1.72 bits per heavy atom. The van der Waals surface area contributed by atoms with Crippen molar-refractivity contribution in [2.24, 2.45) is 5.41 Å². The first-order valence-corrected chi connectivity index (χ1v) is 6.58. The number of aryl methyl sites for hydroxylation is 1. The van der Waals surface area contributed by atoms with Gasteiger partial charge in [0, 0.05) is 11.6 Å². The van der Waals surface area contributed by atoms with Gasteiger partial charge in [0.1, 0.15) is 11.6 Å². The van der Waals surface area contributed by atoms with Crippen molar-refractivity contribution in [1.29, 1.82) is 0 Å². The van der Waals surface area contributed by atoms with Gasteiger partial charge in [0.05, 0.1) is 6.10 Å². The molecule has 1 aliphatic carbocycles. The van der Waals surface area contributed by atoms with Gasteiger partial charge < -0.3 is 5.11 Å². The van der Waals surface area contributed by atoms with Crippen molar-refractivity contribution in [3.8, 4) is 0 Å². The van der Waals surface area contributed by atoms with Crippen molar-refractivity contribution in [2.45, 2.75) is 52.1 Å². The first-order valence-electron chi connectivity index (χ1n) is 6.58. The second-order valence-corrected chi connectivity index (χ2v) is 5.74. The number of hydrogen-bond donors (Lipinski definition) is 1. The molecule has 18 heavy (non-hydrogen) atoms. The third-order valence-electron chi connectivity index (χ3n) is 4.23. The molecule has 1 fully saturated rings. The second-order valence-electron chi connectivity index (χ2n) is 5.74. The molecular weight excluding hydrogens is 234 g/mol. The van der Waals surface area contributed by atoms with E-state index in [1.807, 2.05) is 6.92 Å². The van der Waals surface area contributed by atoms with Crippen molar-refractivity contribution in [3.63, 3.8) is 0 Å². The maximum absolute atomic E-state index is 13.8. The fourth-order valence-corrected chi connectivity index (χ4v) is 2.90. The Bertz CT molecular complexity index is 436. The number of hydrogen-bond acceptors (Lipinski definition) is 1. The summed E-state index contributed by atoms with van der Waals surface area (Å²) in [5.74, 6) is -1.20. The Hall–Kier alpha value is -0.960. The van der Waals surface area contributed by atoms with Gasteiger partial charge in [-0.3, -0.25) is 0 Å². The summed E-state index contributed by atoms with van der Waals surface area (Å²) in [6, 6.07) is 2.31. The predicted octanol–water partition coefficient (Wildman–Crippen LogP) is 4.28. The van der Waals surface area contributed by atoms with E-state index in [0.29, 0.717) is 5.56 Å². The van der Waals surface area contributed by atoms with Crippen LogP contribution in [0.2, 0.25) is 0 Å². The van der Waals surface area contributed by atoms with Gasteiger partial charge in [-0.05, 0) is 36.8 Å². The van der Waals surface area contributed by atoms with Crippen LogP contribution < -0.4 is 0 Å². The Labute approximate surface area is 107 Å². The molecule has 0 aromatic heterocycles. The summed E-state index contributed by atoms with van der Waals surface area (Å²) in [6.45, 7) is 3.59. The minimum Gasteiger partial charge on any atom is -0.388 e. The minimum absolute atomic E-state index is 0.235. The van der Waals surface area contributed by atoms with Crippen LogP contribution >= 0.6 is 0 Å². The molecule has 0 heterocycles. The Morgan fingerprint density at radius 3 is 2.33 bits per heavy atom.